The molecular weight excluding hydrogens is 460 g/mol. The number of aliphatic hydroxyl groups is 6. The second-order valence-corrected chi connectivity index (χ2v) is 8.00. The first kappa shape index (κ1) is 26.3. The number of carbonyl (C=O) groups is 1. The monoisotopic (exact) mass is 488 g/mol. The number of aromatic hydroxyl groups is 2. The first-order valence-electron chi connectivity index (χ1n) is 10.4. The van der Waals surface area contributed by atoms with Gasteiger partial charge in [0.2, 0.25) is 0 Å². The minimum Gasteiger partial charge on any atom is -0.504 e. The topological polar surface area (TPSA) is 216 Å². The molecule has 0 aliphatic carbocycles. The molecule has 2 saturated heterocycles. The number of phenols is 2. The number of carbonyl (C=O) groups excluding carboxylic acids is 1. The first-order valence-corrected chi connectivity index (χ1v) is 10.4. The van der Waals surface area contributed by atoms with E-state index in [1.807, 2.05) is 0 Å². The van der Waals surface area contributed by atoms with Crippen molar-refractivity contribution in [3.05, 3.63) is 29.8 Å². The van der Waals surface area contributed by atoms with Crippen LogP contribution in [-0.4, -0.2) is 115 Å². The summed E-state index contributed by atoms with van der Waals surface area (Å²) < 4.78 is 21.3. The number of aliphatic hydroxyl groups excluding tert-OH is 6. The summed E-state index contributed by atoms with van der Waals surface area (Å²) in [5.74, 6) is -1.74. The molecule has 0 spiro atoms. The van der Waals surface area contributed by atoms with Gasteiger partial charge in [-0.2, -0.15) is 0 Å². The second-order valence-electron chi connectivity index (χ2n) is 8.00. The van der Waals surface area contributed by atoms with Crippen molar-refractivity contribution in [1.82, 2.24) is 0 Å². The Hall–Kier alpha value is -2.33. The Morgan fingerprint density at radius 2 is 1.68 bits per heavy atom. The first-order chi connectivity index (χ1) is 16.0. The number of rotatable bonds is 6. The molecule has 34 heavy (non-hydrogen) atoms. The van der Waals surface area contributed by atoms with Crippen LogP contribution in [0.5, 0.6) is 11.5 Å². The van der Waals surface area contributed by atoms with Crippen LogP contribution in [0.15, 0.2) is 24.3 Å². The average molecular weight is 488 g/mol. The lowest BCUT2D eigenvalue weighted by Gasteiger charge is -2.45. The predicted molar refractivity (Wildman–Crippen MR) is 110 cm³/mol. The van der Waals surface area contributed by atoms with Crippen LogP contribution in [0, 0.1) is 0 Å². The highest BCUT2D eigenvalue weighted by Gasteiger charge is 2.51. The number of hydrogen-bond acceptors (Lipinski definition) is 13. The van der Waals surface area contributed by atoms with Gasteiger partial charge in [-0.3, -0.25) is 0 Å². The van der Waals surface area contributed by atoms with Crippen LogP contribution in [0.1, 0.15) is 12.5 Å². The molecule has 10 atom stereocenters. The summed E-state index contributed by atoms with van der Waals surface area (Å²) >= 11 is 0. The van der Waals surface area contributed by atoms with Gasteiger partial charge in [-0.15, -0.1) is 0 Å². The fourth-order valence-corrected chi connectivity index (χ4v) is 3.62. The molecule has 0 radical (unpaired) electrons. The zero-order chi connectivity index (χ0) is 25.2. The third-order valence-electron chi connectivity index (χ3n) is 5.58. The Morgan fingerprint density at radius 3 is 2.32 bits per heavy atom. The molecule has 2 fully saturated rings. The average Bonchev–Trinajstić information content (AvgIpc) is 2.81. The van der Waals surface area contributed by atoms with Gasteiger partial charge < -0.3 is 59.8 Å². The van der Waals surface area contributed by atoms with Crippen molar-refractivity contribution in [1.29, 1.82) is 0 Å². The molecule has 1 aromatic rings. The van der Waals surface area contributed by atoms with Crippen molar-refractivity contribution in [3.63, 3.8) is 0 Å². The van der Waals surface area contributed by atoms with Crippen molar-refractivity contribution in [3.8, 4) is 11.5 Å². The zero-order valence-corrected chi connectivity index (χ0v) is 18.0. The molecule has 0 bridgehead atoms. The van der Waals surface area contributed by atoms with E-state index in [2.05, 4.69) is 0 Å². The summed E-state index contributed by atoms with van der Waals surface area (Å²) in [6.45, 7) is 0.661. The smallest absolute Gasteiger partial charge is 0.331 e. The molecule has 190 valence electrons. The van der Waals surface area contributed by atoms with E-state index in [4.69, 9.17) is 18.9 Å². The van der Waals surface area contributed by atoms with Crippen molar-refractivity contribution >= 4 is 12.0 Å². The van der Waals surface area contributed by atoms with Gasteiger partial charge in [0, 0.05) is 6.08 Å². The Kier molecular flexibility index (Phi) is 8.46. The Bertz CT molecular complexity index is 876. The molecule has 13 nitrogen and oxygen atoms in total. The van der Waals surface area contributed by atoms with Crippen molar-refractivity contribution < 1.29 is 64.6 Å². The van der Waals surface area contributed by atoms with E-state index in [0.29, 0.717) is 5.56 Å². The zero-order valence-electron chi connectivity index (χ0n) is 18.0. The van der Waals surface area contributed by atoms with E-state index in [1.165, 1.54) is 31.2 Å². The molecule has 0 amide bonds. The standard InChI is InChI=1S/C21H28O13/c1-8-14(26)15(27)16(28)21(31-8)34-19-17(29)20(30)32-12(7-22)18(19)33-13(25)5-3-9-2-4-10(23)11(24)6-9/h2-6,8,12,14-24,26-30H,7H2,1H3/b5-3+/t8-,12+,14-,15+,16+,17+,18+,19+,20+,21-/m0/s1. The van der Waals surface area contributed by atoms with Gasteiger partial charge in [-0.25, -0.2) is 4.79 Å². The van der Waals surface area contributed by atoms with Crippen LogP contribution >= 0.6 is 0 Å². The van der Waals surface area contributed by atoms with E-state index < -0.39 is 79.7 Å². The van der Waals surface area contributed by atoms with E-state index in [1.54, 1.807) is 0 Å². The van der Waals surface area contributed by atoms with Crippen LogP contribution in [0.3, 0.4) is 0 Å². The van der Waals surface area contributed by atoms with Gasteiger partial charge in [-0.1, -0.05) is 6.07 Å². The maximum atomic E-state index is 12.4. The minimum absolute atomic E-state index is 0.342. The molecule has 3 rings (SSSR count). The maximum Gasteiger partial charge on any atom is 0.331 e. The summed E-state index contributed by atoms with van der Waals surface area (Å²) in [5.41, 5.74) is 0.342. The molecule has 1 aromatic carbocycles. The number of ether oxygens (including phenoxy) is 4. The van der Waals surface area contributed by atoms with Gasteiger partial charge in [-0.05, 0) is 30.7 Å². The fourth-order valence-electron chi connectivity index (χ4n) is 3.62. The van der Waals surface area contributed by atoms with Crippen molar-refractivity contribution in [2.75, 3.05) is 6.61 Å². The maximum absolute atomic E-state index is 12.4. The highest BCUT2D eigenvalue weighted by atomic mass is 16.7. The highest BCUT2D eigenvalue weighted by Crippen LogP contribution is 2.30. The number of benzene rings is 1. The molecule has 2 heterocycles. The SMILES string of the molecule is C[C@@H]1O[C@@H](O[C@@H]2[C@@H](O)[C@H](O)O[C@H](CO)[C@H]2OC(=O)/C=C/c2ccc(O)c(O)c2)[C@H](O)[C@H](O)[C@H]1O. The molecule has 2 aliphatic heterocycles. The predicted octanol–water partition coefficient (Wildman–Crippen LogP) is -2.69. The minimum atomic E-state index is -1.85. The summed E-state index contributed by atoms with van der Waals surface area (Å²) in [7, 11) is 0. The van der Waals surface area contributed by atoms with E-state index in [0.717, 1.165) is 6.08 Å². The molecule has 0 saturated carbocycles. The van der Waals surface area contributed by atoms with E-state index in [9.17, 15) is 45.6 Å². The van der Waals surface area contributed by atoms with Crippen LogP contribution < -0.4 is 0 Å². The van der Waals surface area contributed by atoms with Crippen molar-refractivity contribution in [2.45, 2.75) is 68.3 Å². The molecule has 2 aliphatic rings. The van der Waals surface area contributed by atoms with Gasteiger partial charge in [0.15, 0.2) is 30.2 Å². The largest absolute Gasteiger partial charge is 0.504 e. The summed E-state index contributed by atoms with van der Waals surface area (Å²) in [6, 6.07) is 3.81. The van der Waals surface area contributed by atoms with Crippen LogP contribution in [0.2, 0.25) is 0 Å². The lowest BCUT2D eigenvalue weighted by atomic mass is 9.97. The van der Waals surface area contributed by atoms with Gasteiger partial charge in [0.05, 0.1) is 12.7 Å². The highest BCUT2D eigenvalue weighted by molar-refractivity contribution is 5.87. The molecule has 0 aromatic heterocycles. The van der Waals surface area contributed by atoms with E-state index in [-0.39, 0.29) is 5.75 Å². The van der Waals surface area contributed by atoms with Crippen molar-refractivity contribution in [2.24, 2.45) is 0 Å². The summed E-state index contributed by atoms with van der Waals surface area (Å²) in [6.07, 6.45) is -13.2. The molecule has 13 heteroatoms. The fraction of sp³-hybridized carbons (Fsp3) is 0.571. The lowest BCUT2D eigenvalue weighted by Crippen LogP contribution is -2.64. The lowest BCUT2D eigenvalue weighted by molar-refractivity contribution is -0.352. The summed E-state index contributed by atoms with van der Waals surface area (Å²) in [5, 5.41) is 79.0. The Morgan fingerprint density at radius 1 is 0.971 bits per heavy atom. The van der Waals surface area contributed by atoms with E-state index >= 15 is 0 Å². The van der Waals surface area contributed by atoms with Gasteiger partial charge in [0.25, 0.3) is 0 Å². The summed E-state index contributed by atoms with van der Waals surface area (Å²) in [4.78, 5) is 12.4. The molecular formula is C21H28O13. The van der Waals surface area contributed by atoms with Crippen LogP contribution in [0.4, 0.5) is 0 Å². The molecule has 0 unspecified atom stereocenters. The second kappa shape index (κ2) is 10.9. The van der Waals surface area contributed by atoms with Crippen LogP contribution in [0.25, 0.3) is 6.08 Å². The number of phenolic OH excluding ortho intramolecular Hbond substituents is 2. The Balaban J connectivity index is 1.77. The third-order valence-corrected chi connectivity index (χ3v) is 5.58. The third kappa shape index (κ3) is 5.66. The van der Waals surface area contributed by atoms with Gasteiger partial charge in [0.1, 0.15) is 36.6 Å². The Labute approximate surface area is 193 Å². The molecule has 8 N–H and O–H groups in total. The number of hydrogen-bond donors (Lipinski definition) is 8. The normalized spacial score (nSPS) is 38.7. The number of esters is 1. The quantitative estimate of drug-likeness (QED) is 0.116. The van der Waals surface area contributed by atoms with Crippen LogP contribution in [-0.2, 0) is 23.7 Å². The van der Waals surface area contributed by atoms with Gasteiger partial charge >= 0.3 is 5.97 Å².